The monoisotopic (exact) mass is 407 g/mol. The third kappa shape index (κ3) is 3.87. The van der Waals surface area contributed by atoms with Gasteiger partial charge in [-0.1, -0.05) is 31.4 Å². The second-order valence-corrected chi connectivity index (χ2v) is 7.66. The molecule has 2 heterocycles. The first kappa shape index (κ1) is 19.9. The van der Waals surface area contributed by atoms with E-state index in [2.05, 4.69) is 10.3 Å². The molecule has 0 atom stereocenters. The zero-order valence-electron chi connectivity index (χ0n) is 16.9. The van der Waals surface area contributed by atoms with Crippen LogP contribution < -0.4 is 15.6 Å². The lowest BCUT2D eigenvalue weighted by Gasteiger charge is -2.23. The molecule has 0 unspecified atom stereocenters. The number of rotatable bonds is 5. The number of methoxy groups -OCH3 is 1. The van der Waals surface area contributed by atoms with Crippen LogP contribution in [0.15, 0.2) is 47.5 Å². The number of carbonyl (C=O) groups excluding carboxylic acids is 1. The molecule has 7 nitrogen and oxygen atoms in total. The Hall–Kier alpha value is -3.35. The molecule has 30 heavy (non-hydrogen) atoms. The number of pyridine rings is 2. The Morgan fingerprint density at radius 1 is 1.20 bits per heavy atom. The zero-order valence-corrected chi connectivity index (χ0v) is 16.9. The van der Waals surface area contributed by atoms with Crippen molar-refractivity contribution < 1.29 is 14.6 Å². The van der Waals surface area contributed by atoms with Crippen LogP contribution in [0.1, 0.15) is 48.0 Å². The third-order valence-electron chi connectivity index (χ3n) is 5.71. The van der Waals surface area contributed by atoms with Gasteiger partial charge in [-0.25, -0.2) is 0 Å². The number of nitrogens with one attached hydrogen (secondary N) is 1. The number of hydrogen-bond acceptors (Lipinski definition) is 5. The van der Waals surface area contributed by atoms with Crippen molar-refractivity contribution in [3.05, 3.63) is 64.2 Å². The van der Waals surface area contributed by atoms with Crippen LogP contribution in [-0.2, 0) is 6.54 Å². The number of benzene rings is 1. The topological polar surface area (TPSA) is 93.5 Å². The molecule has 2 N–H and O–H groups in total. The molecule has 156 valence electrons. The van der Waals surface area contributed by atoms with Gasteiger partial charge in [0.05, 0.1) is 24.6 Å². The van der Waals surface area contributed by atoms with E-state index >= 15 is 0 Å². The van der Waals surface area contributed by atoms with Gasteiger partial charge in [0.25, 0.3) is 11.5 Å². The number of ether oxygens (including phenoxy) is 1. The van der Waals surface area contributed by atoms with Crippen molar-refractivity contribution in [1.82, 2.24) is 14.9 Å². The summed E-state index contributed by atoms with van der Waals surface area (Å²) in [6.45, 7) is 0.257. The van der Waals surface area contributed by atoms with E-state index in [1.807, 2.05) is 24.3 Å². The Morgan fingerprint density at radius 3 is 2.63 bits per heavy atom. The van der Waals surface area contributed by atoms with Gasteiger partial charge < -0.3 is 19.7 Å². The Labute approximate surface area is 174 Å². The molecule has 0 saturated heterocycles. The smallest absolute Gasteiger partial charge is 0.268 e. The summed E-state index contributed by atoms with van der Waals surface area (Å²) in [6, 6.07) is 9.08. The molecule has 1 fully saturated rings. The van der Waals surface area contributed by atoms with Crippen molar-refractivity contribution in [1.29, 1.82) is 0 Å². The Balaban J connectivity index is 1.76. The largest absolute Gasteiger partial charge is 0.506 e. The molecule has 4 rings (SSSR count). The van der Waals surface area contributed by atoms with E-state index in [0.717, 1.165) is 43.4 Å². The summed E-state index contributed by atoms with van der Waals surface area (Å²) in [6.07, 6.45) is 8.09. The van der Waals surface area contributed by atoms with Crippen molar-refractivity contribution in [2.45, 2.75) is 44.7 Å². The molecular formula is C23H25N3O4. The van der Waals surface area contributed by atoms with Crippen LogP contribution in [-0.4, -0.2) is 33.7 Å². The number of nitrogens with zero attached hydrogens (tertiary/aromatic N) is 2. The van der Waals surface area contributed by atoms with Gasteiger partial charge in [-0.3, -0.25) is 14.6 Å². The van der Waals surface area contributed by atoms with Crippen molar-refractivity contribution >= 4 is 16.8 Å². The standard InChI is InChI=1S/C23H25N3O4/c1-30-17-9-7-15(8-10-17)14-26-19-11-12-24-13-18(19)21(27)20(23(26)29)22(28)25-16-5-3-2-4-6-16/h7-13,16,27H,2-6,14H2,1H3,(H,25,28). The molecule has 0 spiro atoms. The molecule has 1 aromatic carbocycles. The van der Waals surface area contributed by atoms with E-state index in [9.17, 15) is 14.7 Å². The van der Waals surface area contributed by atoms with E-state index < -0.39 is 11.5 Å². The lowest BCUT2D eigenvalue weighted by molar-refractivity contribution is 0.0923. The van der Waals surface area contributed by atoms with Crippen LogP contribution in [0.5, 0.6) is 11.5 Å². The van der Waals surface area contributed by atoms with Crippen LogP contribution >= 0.6 is 0 Å². The Bertz CT molecular complexity index is 1120. The minimum absolute atomic E-state index is 0.0321. The molecule has 0 aliphatic heterocycles. The molecule has 0 radical (unpaired) electrons. The van der Waals surface area contributed by atoms with Gasteiger partial charge in [0.2, 0.25) is 0 Å². The minimum atomic E-state index is -0.529. The molecular weight excluding hydrogens is 382 g/mol. The van der Waals surface area contributed by atoms with Crippen LogP contribution in [0.4, 0.5) is 0 Å². The van der Waals surface area contributed by atoms with Crippen molar-refractivity contribution in [2.75, 3.05) is 7.11 Å². The highest BCUT2D eigenvalue weighted by Gasteiger charge is 2.25. The van der Waals surface area contributed by atoms with Crippen molar-refractivity contribution in [3.8, 4) is 11.5 Å². The van der Waals surface area contributed by atoms with Crippen molar-refractivity contribution in [3.63, 3.8) is 0 Å². The zero-order chi connectivity index (χ0) is 21.1. The normalized spacial score (nSPS) is 14.6. The average Bonchev–Trinajstić information content (AvgIpc) is 2.78. The first-order chi connectivity index (χ1) is 14.6. The van der Waals surface area contributed by atoms with Gasteiger partial charge in [-0.05, 0) is 36.6 Å². The number of amides is 1. The fourth-order valence-corrected chi connectivity index (χ4v) is 4.06. The summed E-state index contributed by atoms with van der Waals surface area (Å²) >= 11 is 0. The van der Waals surface area contributed by atoms with Crippen LogP contribution in [0.2, 0.25) is 0 Å². The summed E-state index contributed by atoms with van der Waals surface area (Å²) in [4.78, 5) is 30.3. The lowest BCUT2D eigenvalue weighted by Crippen LogP contribution is -2.40. The summed E-state index contributed by atoms with van der Waals surface area (Å²) in [5.41, 5.74) is 0.655. The van der Waals surface area contributed by atoms with E-state index in [4.69, 9.17) is 4.74 Å². The Kier molecular flexibility index (Phi) is 5.70. The van der Waals surface area contributed by atoms with Crippen molar-refractivity contribution in [2.24, 2.45) is 0 Å². The van der Waals surface area contributed by atoms with Gasteiger partial charge in [0.15, 0.2) is 0 Å². The molecule has 2 aromatic heterocycles. The highest BCUT2D eigenvalue weighted by Crippen LogP contribution is 2.27. The number of hydrogen-bond donors (Lipinski definition) is 2. The second kappa shape index (κ2) is 8.57. The molecule has 1 aliphatic carbocycles. The average molecular weight is 407 g/mol. The maximum absolute atomic E-state index is 13.3. The molecule has 7 heteroatoms. The maximum atomic E-state index is 13.3. The molecule has 1 saturated carbocycles. The first-order valence-corrected chi connectivity index (χ1v) is 10.2. The molecule has 0 bridgehead atoms. The highest BCUT2D eigenvalue weighted by molar-refractivity contribution is 6.02. The summed E-state index contributed by atoms with van der Waals surface area (Å²) < 4.78 is 6.70. The van der Waals surface area contributed by atoms with Gasteiger partial charge in [-0.2, -0.15) is 0 Å². The predicted molar refractivity (Wildman–Crippen MR) is 114 cm³/mol. The van der Waals surface area contributed by atoms with Crippen LogP contribution in [0, 0.1) is 0 Å². The van der Waals surface area contributed by atoms with Gasteiger partial charge in [0, 0.05) is 18.4 Å². The number of aromatic nitrogens is 2. The summed E-state index contributed by atoms with van der Waals surface area (Å²) in [5, 5.41) is 14.1. The third-order valence-corrected chi connectivity index (χ3v) is 5.71. The summed E-state index contributed by atoms with van der Waals surface area (Å²) in [7, 11) is 1.59. The fourth-order valence-electron chi connectivity index (χ4n) is 4.06. The summed E-state index contributed by atoms with van der Waals surface area (Å²) in [5.74, 6) is -0.126. The SMILES string of the molecule is COc1ccc(Cn2c(=O)c(C(=O)NC3CCCCC3)c(O)c3cnccc32)cc1. The van der Waals surface area contributed by atoms with E-state index in [1.165, 1.54) is 10.8 Å². The number of aromatic hydroxyl groups is 1. The van der Waals surface area contributed by atoms with Crippen LogP contribution in [0.25, 0.3) is 10.9 Å². The van der Waals surface area contributed by atoms with Gasteiger partial charge in [-0.15, -0.1) is 0 Å². The van der Waals surface area contributed by atoms with E-state index in [-0.39, 0.29) is 23.9 Å². The number of fused-ring (bicyclic) bond motifs is 1. The molecule has 1 amide bonds. The second-order valence-electron chi connectivity index (χ2n) is 7.66. The minimum Gasteiger partial charge on any atom is -0.506 e. The predicted octanol–water partition coefficient (Wildman–Crippen LogP) is 3.22. The maximum Gasteiger partial charge on any atom is 0.268 e. The fraction of sp³-hybridized carbons (Fsp3) is 0.348. The van der Waals surface area contributed by atoms with Gasteiger partial charge >= 0.3 is 0 Å². The van der Waals surface area contributed by atoms with E-state index in [1.54, 1.807) is 19.4 Å². The van der Waals surface area contributed by atoms with Gasteiger partial charge in [0.1, 0.15) is 17.1 Å². The molecule has 3 aromatic rings. The number of carbonyl (C=O) groups is 1. The lowest BCUT2D eigenvalue weighted by atomic mass is 9.95. The quantitative estimate of drug-likeness (QED) is 0.677. The van der Waals surface area contributed by atoms with E-state index in [0.29, 0.717) is 10.9 Å². The molecule has 1 aliphatic rings. The van der Waals surface area contributed by atoms with Crippen LogP contribution in [0.3, 0.4) is 0 Å². The Morgan fingerprint density at radius 2 is 1.93 bits per heavy atom. The highest BCUT2D eigenvalue weighted by atomic mass is 16.5. The first-order valence-electron chi connectivity index (χ1n) is 10.2.